The van der Waals surface area contributed by atoms with Crippen LogP contribution in [0, 0.1) is 18.7 Å². The standard InChI is InChI=1S/C20H20FN5O3S.2ClH/c1-10-5-15-17(30-10)16(18(27)26-4-3-12(9-26)19(28)29)25-20(24-15)23-11(2)13-6-14(21)8-22-7-13;;/h5-8,11-12H,3-4,9H2,1-2H3,(H,28,29)(H,23,24,25);2*1H/t11-,12?;;/m0../s1. The van der Waals surface area contributed by atoms with E-state index in [1.807, 2.05) is 19.9 Å². The average Bonchev–Trinajstić information content (AvgIpc) is 3.33. The SMILES string of the molecule is Cc1cc2nc(N[C@@H](C)c3cncc(F)c3)nc(C(=O)N3CCC(C(=O)O)C3)c2s1.Cl.Cl. The summed E-state index contributed by atoms with van der Waals surface area (Å²) in [7, 11) is 0. The number of aliphatic carboxylic acids is 1. The number of thiophene rings is 1. The lowest BCUT2D eigenvalue weighted by atomic mass is 10.1. The normalized spacial score (nSPS) is 16.2. The number of anilines is 1. The molecule has 3 aromatic heterocycles. The molecule has 0 radical (unpaired) electrons. The molecule has 0 aromatic carbocycles. The van der Waals surface area contributed by atoms with Crippen LogP contribution in [0.1, 0.15) is 40.3 Å². The predicted octanol–water partition coefficient (Wildman–Crippen LogP) is 4.10. The van der Waals surface area contributed by atoms with Crippen molar-refractivity contribution in [1.82, 2.24) is 19.9 Å². The number of hydrogen-bond donors (Lipinski definition) is 2. The number of aromatic nitrogens is 3. The van der Waals surface area contributed by atoms with Gasteiger partial charge in [0.25, 0.3) is 5.91 Å². The first-order chi connectivity index (χ1) is 14.3. The molecule has 8 nitrogen and oxygen atoms in total. The second-order valence-electron chi connectivity index (χ2n) is 7.34. The van der Waals surface area contributed by atoms with E-state index in [1.54, 1.807) is 6.20 Å². The highest BCUT2D eigenvalue weighted by molar-refractivity contribution is 7.19. The summed E-state index contributed by atoms with van der Waals surface area (Å²) < 4.78 is 14.2. The third-order valence-electron chi connectivity index (χ3n) is 5.09. The van der Waals surface area contributed by atoms with Gasteiger partial charge in [0.05, 0.1) is 28.4 Å². The summed E-state index contributed by atoms with van der Waals surface area (Å²) >= 11 is 1.42. The van der Waals surface area contributed by atoms with Crippen molar-refractivity contribution in [2.24, 2.45) is 5.92 Å². The predicted molar refractivity (Wildman–Crippen MR) is 125 cm³/mol. The molecule has 1 saturated heterocycles. The van der Waals surface area contributed by atoms with Crippen molar-refractivity contribution < 1.29 is 19.1 Å². The van der Waals surface area contributed by atoms with E-state index in [0.717, 1.165) is 11.1 Å². The summed E-state index contributed by atoms with van der Waals surface area (Å²) in [6, 6.07) is 2.92. The van der Waals surface area contributed by atoms with Crippen molar-refractivity contribution in [3.05, 3.63) is 46.5 Å². The number of carbonyl (C=O) groups is 2. The van der Waals surface area contributed by atoms with Gasteiger partial charge in [0, 0.05) is 24.2 Å². The van der Waals surface area contributed by atoms with Crippen LogP contribution in [-0.4, -0.2) is 49.9 Å². The number of fused-ring (bicyclic) bond motifs is 1. The number of carboxylic acid groups (broad SMARTS) is 1. The first-order valence-corrected chi connectivity index (χ1v) is 10.3. The second-order valence-corrected chi connectivity index (χ2v) is 8.60. The third-order valence-corrected chi connectivity index (χ3v) is 6.14. The zero-order valence-corrected chi connectivity index (χ0v) is 19.7. The first-order valence-electron chi connectivity index (χ1n) is 9.49. The molecule has 4 rings (SSSR count). The van der Waals surface area contributed by atoms with Crippen LogP contribution in [0.5, 0.6) is 0 Å². The van der Waals surface area contributed by atoms with E-state index in [2.05, 4.69) is 20.3 Å². The monoisotopic (exact) mass is 501 g/mol. The number of nitrogens with zero attached hydrogens (tertiary/aromatic N) is 4. The number of rotatable bonds is 5. The number of likely N-dealkylation sites (tertiary alicyclic amines) is 1. The van der Waals surface area contributed by atoms with Gasteiger partial charge in [0.15, 0.2) is 5.69 Å². The van der Waals surface area contributed by atoms with Crippen molar-refractivity contribution in [2.45, 2.75) is 26.3 Å². The Balaban J connectivity index is 0.00000181. The van der Waals surface area contributed by atoms with Crippen molar-refractivity contribution in [3.8, 4) is 0 Å². The van der Waals surface area contributed by atoms with Gasteiger partial charge in [0.2, 0.25) is 5.95 Å². The van der Waals surface area contributed by atoms with Gasteiger partial charge in [0.1, 0.15) is 5.82 Å². The fraction of sp³-hybridized carbons (Fsp3) is 0.350. The van der Waals surface area contributed by atoms with Gasteiger partial charge in [-0.2, -0.15) is 0 Å². The van der Waals surface area contributed by atoms with Crippen LogP contribution >= 0.6 is 36.2 Å². The summed E-state index contributed by atoms with van der Waals surface area (Å²) in [5, 5.41) is 12.3. The molecule has 32 heavy (non-hydrogen) atoms. The Morgan fingerprint density at radius 2 is 2.03 bits per heavy atom. The Morgan fingerprint density at radius 3 is 2.69 bits per heavy atom. The molecule has 0 aliphatic carbocycles. The van der Waals surface area contributed by atoms with Gasteiger partial charge < -0.3 is 15.3 Å². The quantitative estimate of drug-likeness (QED) is 0.541. The zero-order chi connectivity index (χ0) is 21.4. The van der Waals surface area contributed by atoms with E-state index in [4.69, 9.17) is 0 Å². The van der Waals surface area contributed by atoms with Gasteiger partial charge in [-0.15, -0.1) is 36.2 Å². The molecule has 1 amide bonds. The van der Waals surface area contributed by atoms with E-state index < -0.39 is 17.7 Å². The molecule has 4 heterocycles. The fourth-order valence-electron chi connectivity index (χ4n) is 3.50. The Kier molecular flexibility index (Phi) is 8.33. The average molecular weight is 502 g/mol. The lowest BCUT2D eigenvalue weighted by Gasteiger charge is -2.18. The Morgan fingerprint density at radius 1 is 1.28 bits per heavy atom. The molecular weight excluding hydrogens is 480 g/mol. The zero-order valence-electron chi connectivity index (χ0n) is 17.2. The summed E-state index contributed by atoms with van der Waals surface area (Å²) in [5.74, 6) is -1.96. The maximum atomic E-state index is 13.5. The number of pyridine rings is 1. The van der Waals surface area contributed by atoms with Gasteiger partial charge in [-0.1, -0.05) is 0 Å². The number of hydrogen-bond acceptors (Lipinski definition) is 7. The summed E-state index contributed by atoms with van der Waals surface area (Å²) in [4.78, 5) is 39.7. The molecule has 2 N–H and O–H groups in total. The number of carboxylic acids is 1. The van der Waals surface area contributed by atoms with Crippen molar-refractivity contribution >= 4 is 64.2 Å². The maximum absolute atomic E-state index is 13.5. The van der Waals surface area contributed by atoms with Crippen LogP contribution in [0.2, 0.25) is 0 Å². The number of amides is 1. The summed E-state index contributed by atoms with van der Waals surface area (Å²) in [5.41, 5.74) is 1.50. The maximum Gasteiger partial charge on any atom is 0.308 e. The van der Waals surface area contributed by atoms with E-state index in [-0.39, 0.29) is 55.0 Å². The molecule has 1 unspecified atom stereocenters. The number of aryl methyl sites for hydroxylation is 1. The largest absolute Gasteiger partial charge is 0.481 e. The minimum atomic E-state index is -0.898. The van der Waals surface area contributed by atoms with Crippen LogP contribution in [0.15, 0.2) is 24.5 Å². The number of nitrogens with one attached hydrogen (secondary N) is 1. The summed E-state index contributed by atoms with van der Waals surface area (Å²) in [6.45, 7) is 4.28. The molecule has 0 bridgehead atoms. The van der Waals surface area contributed by atoms with Crippen LogP contribution < -0.4 is 5.32 Å². The molecule has 1 fully saturated rings. The van der Waals surface area contributed by atoms with Crippen molar-refractivity contribution in [1.29, 1.82) is 0 Å². The molecule has 3 aromatic rings. The minimum Gasteiger partial charge on any atom is -0.481 e. The van der Waals surface area contributed by atoms with Crippen molar-refractivity contribution in [2.75, 3.05) is 18.4 Å². The highest BCUT2D eigenvalue weighted by Gasteiger charge is 2.33. The molecular formula is C20H22Cl2FN5O3S. The van der Waals surface area contributed by atoms with Crippen LogP contribution in [-0.2, 0) is 4.79 Å². The second kappa shape index (κ2) is 10.4. The fourth-order valence-corrected chi connectivity index (χ4v) is 4.43. The first kappa shape index (κ1) is 25.7. The molecule has 1 aliphatic heterocycles. The molecule has 172 valence electrons. The van der Waals surface area contributed by atoms with E-state index in [1.165, 1.54) is 22.3 Å². The Bertz CT molecular complexity index is 1150. The smallest absolute Gasteiger partial charge is 0.308 e. The van der Waals surface area contributed by atoms with E-state index in [9.17, 15) is 19.1 Å². The molecule has 0 spiro atoms. The molecule has 2 atom stereocenters. The van der Waals surface area contributed by atoms with E-state index in [0.29, 0.717) is 28.7 Å². The molecule has 0 saturated carbocycles. The highest BCUT2D eigenvalue weighted by Crippen LogP contribution is 2.30. The van der Waals surface area contributed by atoms with Crippen LogP contribution in [0.25, 0.3) is 10.2 Å². The lowest BCUT2D eigenvalue weighted by Crippen LogP contribution is -2.31. The molecule has 12 heteroatoms. The van der Waals surface area contributed by atoms with E-state index >= 15 is 0 Å². The summed E-state index contributed by atoms with van der Waals surface area (Å²) in [6.07, 6.45) is 3.11. The Labute approximate surface area is 200 Å². The van der Waals surface area contributed by atoms with Gasteiger partial charge >= 0.3 is 5.97 Å². The topological polar surface area (TPSA) is 108 Å². The van der Waals surface area contributed by atoms with Crippen LogP contribution in [0.3, 0.4) is 0 Å². The minimum absolute atomic E-state index is 0. The number of carbonyl (C=O) groups excluding carboxylic acids is 1. The van der Waals surface area contributed by atoms with Crippen LogP contribution in [0.4, 0.5) is 10.3 Å². The third kappa shape index (κ3) is 5.25. The van der Waals surface area contributed by atoms with Gasteiger partial charge in [-0.3, -0.25) is 14.6 Å². The van der Waals surface area contributed by atoms with Crippen molar-refractivity contribution in [3.63, 3.8) is 0 Å². The Hall–Kier alpha value is -2.56. The number of halogens is 3. The van der Waals surface area contributed by atoms with Gasteiger partial charge in [-0.05, 0) is 38.0 Å². The lowest BCUT2D eigenvalue weighted by molar-refractivity contribution is -0.141. The molecule has 1 aliphatic rings. The highest BCUT2D eigenvalue weighted by atomic mass is 35.5. The van der Waals surface area contributed by atoms with Gasteiger partial charge in [-0.25, -0.2) is 14.4 Å².